The zero-order valence-corrected chi connectivity index (χ0v) is 17.4. The Balaban J connectivity index is 1.42. The van der Waals surface area contributed by atoms with Crippen molar-refractivity contribution < 1.29 is 0 Å². The number of benzene rings is 1. The van der Waals surface area contributed by atoms with Crippen molar-refractivity contribution >= 4 is 51.6 Å². The number of H-pyrrole nitrogens is 1. The van der Waals surface area contributed by atoms with E-state index in [9.17, 15) is 0 Å². The molecule has 2 aromatic heterocycles. The van der Waals surface area contributed by atoms with Crippen LogP contribution < -0.4 is 5.32 Å². The molecule has 148 valence electrons. The molecule has 2 aliphatic heterocycles. The Hall–Kier alpha value is -2.57. The Morgan fingerprint density at radius 3 is 3.07 bits per heavy atom. The van der Waals surface area contributed by atoms with Gasteiger partial charge in [0.2, 0.25) is 0 Å². The summed E-state index contributed by atoms with van der Waals surface area (Å²) >= 11 is 1.82. The van der Waals surface area contributed by atoms with Crippen LogP contribution in [0.1, 0.15) is 25.5 Å². The van der Waals surface area contributed by atoms with Gasteiger partial charge in [-0.05, 0) is 55.3 Å². The topological polar surface area (TPSA) is 56.3 Å². The summed E-state index contributed by atoms with van der Waals surface area (Å²) in [6.07, 6.45) is 8.48. The molecule has 0 amide bonds. The van der Waals surface area contributed by atoms with E-state index in [1.165, 1.54) is 29.1 Å². The lowest BCUT2D eigenvalue weighted by Crippen LogP contribution is -2.29. The van der Waals surface area contributed by atoms with Crippen molar-refractivity contribution in [1.82, 2.24) is 14.9 Å². The highest BCUT2D eigenvalue weighted by Gasteiger charge is 2.15. The fourth-order valence-corrected chi connectivity index (χ4v) is 4.82. The molecule has 5 nitrogen and oxygen atoms in total. The lowest BCUT2D eigenvalue weighted by Gasteiger charge is -2.25. The van der Waals surface area contributed by atoms with Gasteiger partial charge in [-0.3, -0.25) is 9.89 Å². The van der Waals surface area contributed by atoms with Gasteiger partial charge in [-0.25, -0.2) is 4.98 Å². The van der Waals surface area contributed by atoms with E-state index in [2.05, 4.69) is 62.4 Å². The maximum Gasteiger partial charge on any atom is 0.139 e. The Morgan fingerprint density at radius 1 is 1.24 bits per heavy atom. The molecule has 3 aromatic rings. The number of thioether (sulfide) groups is 1. The standard InChI is InChI=1S/C23H25N5S/c1-2-10-28-11-6-16(7-12-28)21-15-18-19(5-8-25-23(18)27-21)26-17-3-4-20-22(14-17)29-13-9-24-20/h3-6,8-9,14-15H,2,7,10-13H2,1H3,(H2,25,26,27). The molecule has 0 spiro atoms. The fraction of sp³-hybridized carbons (Fsp3) is 0.304. The summed E-state index contributed by atoms with van der Waals surface area (Å²) in [7, 11) is 0. The molecule has 1 aromatic carbocycles. The highest BCUT2D eigenvalue weighted by Crippen LogP contribution is 2.36. The van der Waals surface area contributed by atoms with Crippen molar-refractivity contribution in [3.63, 3.8) is 0 Å². The minimum atomic E-state index is 0.929. The molecule has 2 N–H and O–H groups in total. The van der Waals surface area contributed by atoms with E-state index in [0.717, 1.165) is 53.4 Å². The van der Waals surface area contributed by atoms with E-state index < -0.39 is 0 Å². The molecule has 4 heterocycles. The first-order valence-electron chi connectivity index (χ1n) is 10.3. The Labute approximate surface area is 175 Å². The highest BCUT2D eigenvalue weighted by atomic mass is 32.2. The average molecular weight is 404 g/mol. The van der Waals surface area contributed by atoms with Crippen molar-refractivity contribution in [2.75, 3.05) is 30.7 Å². The number of hydrogen-bond acceptors (Lipinski definition) is 5. The molecule has 6 heteroatoms. The van der Waals surface area contributed by atoms with E-state index in [0.29, 0.717) is 0 Å². The Bertz CT molecular complexity index is 1100. The summed E-state index contributed by atoms with van der Waals surface area (Å²) in [6, 6.07) is 10.6. The molecular formula is C23H25N5S. The van der Waals surface area contributed by atoms with Gasteiger partial charge in [-0.1, -0.05) is 13.0 Å². The lowest BCUT2D eigenvalue weighted by molar-refractivity contribution is 0.302. The number of hydrogen-bond donors (Lipinski definition) is 2. The largest absolute Gasteiger partial charge is 0.355 e. The van der Waals surface area contributed by atoms with Crippen LogP contribution in [0.2, 0.25) is 0 Å². The molecule has 0 radical (unpaired) electrons. The van der Waals surface area contributed by atoms with E-state index >= 15 is 0 Å². The van der Waals surface area contributed by atoms with E-state index in [1.54, 1.807) is 0 Å². The third-order valence-corrected chi connectivity index (χ3v) is 6.45. The van der Waals surface area contributed by atoms with Gasteiger partial charge in [0.25, 0.3) is 0 Å². The molecule has 5 rings (SSSR count). The first kappa shape index (κ1) is 18.5. The van der Waals surface area contributed by atoms with Crippen LogP contribution in [-0.2, 0) is 0 Å². The number of pyridine rings is 1. The second kappa shape index (κ2) is 8.05. The van der Waals surface area contributed by atoms with Gasteiger partial charge in [0.15, 0.2) is 0 Å². The van der Waals surface area contributed by atoms with Crippen LogP contribution in [0.5, 0.6) is 0 Å². The van der Waals surface area contributed by atoms with E-state index in [1.807, 2.05) is 30.2 Å². The predicted octanol–water partition coefficient (Wildman–Crippen LogP) is 5.61. The third-order valence-electron chi connectivity index (χ3n) is 5.49. The van der Waals surface area contributed by atoms with Gasteiger partial charge >= 0.3 is 0 Å². The SMILES string of the molecule is CCCN1CC=C(c2cc3c(Nc4ccc5c(c4)SCC=N5)ccnc3[nH]2)CC1. The van der Waals surface area contributed by atoms with Gasteiger partial charge < -0.3 is 10.3 Å². The molecule has 0 saturated heterocycles. The maximum atomic E-state index is 4.56. The van der Waals surface area contributed by atoms with E-state index in [4.69, 9.17) is 0 Å². The molecule has 0 unspecified atom stereocenters. The van der Waals surface area contributed by atoms with Crippen LogP contribution in [0.3, 0.4) is 0 Å². The van der Waals surface area contributed by atoms with E-state index in [-0.39, 0.29) is 0 Å². The first-order valence-corrected chi connectivity index (χ1v) is 11.2. The minimum Gasteiger partial charge on any atom is -0.355 e. The number of nitrogens with one attached hydrogen (secondary N) is 2. The lowest BCUT2D eigenvalue weighted by atomic mass is 10.0. The second-order valence-corrected chi connectivity index (χ2v) is 8.58. The predicted molar refractivity (Wildman–Crippen MR) is 124 cm³/mol. The van der Waals surface area contributed by atoms with Crippen molar-refractivity contribution in [2.24, 2.45) is 4.99 Å². The van der Waals surface area contributed by atoms with Crippen LogP contribution in [0.4, 0.5) is 17.1 Å². The summed E-state index contributed by atoms with van der Waals surface area (Å²) in [6.45, 7) is 5.58. The zero-order valence-electron chi connectivity index (χ0n) is 16.6. The van der Waals surface area contributed by atoms with Crippen LogP contribution in [0.15, 0.2) is 52.5 Å². The summed E-state index contributed by atoms with van der Waals surface area (Å²) in [4.78, 5) is 16.3. The quantitative estimate of drug-likeness (QED) is 0.581. The van der Waals surface area contributed by atoms with Crippen LogP contribution >= 0.6 is 11.8 Å². The average Bonchev–Trinajstić information content (AvgIpc) is 3.20. The molecule has 29 heavy (non-hydrogen) atoms. The van der Waals surface area contributed by atoms with Crippen molar-refractivity contribution in [1.29, 1.82) is 0 Å². The van der Waals surface area contributed by atoms with Crippen LogP contribution in [0, 0.1) is 0 Å². The molecule has 0 bridgehead atoms. The van der Waals surface area contributed by atoms with Crippen molar-refractivity contribution in [3.05, 3.63) is 48.3 Å². The molecule has 0 atom stereocenters. The van der Waals surface area contributed by atoms with Gasteiger partial charge in [-0.15, -0.1) is 11.8 Å². The number of fused-ring (bicyclic) bond motifs is 2. The second-order valence-electron chi connectivity index (χ2n) is 7.51. The zero-order chi connectivity index (χ0) is 19.6. The summed E-state index contributed by atoms with van der Waals surface area (Å²) < 4.78 is 0. The van der Waals surface area contributed by atoms with Gasteiger partial charge in [0.05, 0.1) is 11.4 Å². The third kappa shape index (κ3) is 3.82. The monoisotopic (exact) mass is 403 g/mol. The number of nitrogens with zero attached hydrogens (tertiary/aromatic N) is 3. The number of aromatic nitrogens is 2. The smallest absolute Gasteiger partial charge is 0.139 e. The van der Waals surface area contributed by atoms with Crippen LogP contribution in [0.25, 0.3) is 16.6 Å². The van der Waals surface area contributed by atoms with Crippen LogP contribution in [-0.4, -0.2) is 46.5 Å². The molecule has 0 aliphatic carbocycles. The summed E-state index contributed by atoms with van der Waals surface area (Å²) in [5, 5.41) is 4.71. The molecular weight excluding hydrogens is 378 g/mol. The number of anilines is 2. The van der Waals surface area contributed by atoms with Crippen molar-refractivity contribution in [3.8, 4) is 0 Å². The molecule has 0 saturated carbocycles. The van der Waals surface area contributed by atoms with Gasteiger partial charge in [0, 0.05) is 52.9 Å². The number of aromatic amines is 1. The number of rotatable bonds is 5. The maximum absolute atomic E-state index is 4.56. The Morgan fingerprint density at radius 2 is 2.21 bits per heavy atom. The van der Waals surface area contributed by atoms with Crippen molar-refractivity contribution in [2.45, 2.75) is 24.7 Å². The first-order chi connectivity index (χ1) is 14.3. The Kier molecular flexibility index (Phi) is 5.12. The summed E-state index contributed by atoms with van der Waals surface area (Å²) in [5.74, 6) is 0.932. The fourth-order valence-electron chi connectivity index (χ4n) is 4.02. The van der Waals surface area contributed by atoms with Gasteiger partial charge in [-0.2, -0.15) is 0 Å². The van der Waals surface area contributed by atoms with Gasteiger partial charge in [0.1, 0.15) is 5.65 Å². The highest BCUT2D eigenvalue weighted by molar-refractivity contribution is 8.00. The minimum absolute atomic E-state index is 0.929. The number of aliphatic imine (C=N–C) groups is 1. The normalized spacial score (nSPS) is 16.7. The molecule has 2 aliphatic rings. The molecule has 0 fully saturated rings. The summed E-state index contributed by atoms with van der Waals surface area (Å²) in [5.41, 5.74) is 6.72.